The Bertz CT molecular complexity index is 241. The second-order valence-electron chi connectivity index (χ2n) is 4.43. The van der Waals surface area contributed by atoms with Crippen molar-refractivity contribution in [3.05, 3.63) is 11.8 Å². The van der Waals surface area contributed by atoms with E-state index in [1.54, 1.807) is 6.20 Å². The van der Waals surface area contributed by atoms with Crippen molar-refractivity contribution in [3.8, 4) is 0 Å². The van der Waals surface area contributed by atoms with Gasteiger partial charge in [0.15, 0.2) is 0 Å². The highest BCUT2D eigenvalue weighted by atomic mass is 19.3. The van der Waals surface area contributed by atoms with Gasteiger partial charge in [-0.15, -0.1) is 0 Å². The molecule has 3 heteroatoms. The van der Waals surface area contributed by atoms with Gasteiger partial charge in [0, 0.05) is 31.3 Å². The van der Waals surface area contributed by atoms with E-state index in [0.29, 0.717) is 11.6 Å². The molecule has 2 aliphatic rings. The normalized spacial score (nSPS) is 38.6. The third kappa shape index (κ3) is 1.69. The predicted molar refractivity (Wildman–Crippen MR) is 47.6 cm³/mol. The fraction of sp³-hybridized carbons (Fsp3) is 0.800. The lowest BCUT2D eigenvalue weighted by Crippen LogP contribution is -2.38. The molecule has 0 radical (unpaired) electrons. The van der Waals surface area contributed by atoms with Crippen LogP contribution in [0.2, 0.25) is 0 Å². The van der Waals surface area contributed by atoms with Crippen molar-refractivity contribution in [2.75, 3.05) is 7.05 Å². The van der Waals surface area contributed by atoms with Gasteiger partial charge in [0.1, 0.15) is 0 Å². The van der Waals surface area contributed by atoms with Crippen LogP contribution in [0.5, 0.6) is 0 Å². The Morgan fingerprint density at radius 2 is 2.00 bits per heavy atom. The molecule has 0 heterocycles. The first-order valence-corrected chi connectivity index (χ1v) is 4.80. The molecule has 0 N–H and O–H groups in total. The van der Waals surface area contributed by atoms with E-state index in [-0.39, 0.29) is 6.42 Å². The second-order valence-corrected chi connectivity index (χ2v) is 4.43. The Morgan fingerprint density at radius 1 is 1.46 bits per heavy atom. The lowest BCUT2D eigenvalue weighted by atomic mass is 9.81. The fourth-order valence-electron chi connectivity index (χ4n) is 1.88. The van der Waals surface area contributed by atoms with Gasteiger partial charge in [-0.2, -0.15) is 0 Å². The summed E-state index contributed by atoms with van der Waals surface area (Å²) in [6.45, 7) is 2.20. The minimum absolute atomic E-state index is 0.0282. The van der Waals surface area contributed by atoms with Crippen LogP contribution >= 0.6 is 0 Å². The van der Waals surface area contributed by atoms with Crippen LogP contribution in [0.1, 0.15) is 26.2 Å². The van der Waals surface area contributed by atoms with E-state index in [2.05, 4.69) is 6.92 Å². The Labute approximate surface area is 77.4 Å². The van der Waals surface area contributed by atoms with Gasteiger partial charge in [-0.05, 0) is 18.8 Å². The Balaban J connectivity index is 1.86. The molecule has 0 amide bonds. The van der Waals surface area contributed by atoms with Crippen LogP contribution in [0, 0.1) is 5.92 Å². The van der Waals surface area contributed by atoms with Gasteiger partial charge in [0.05, 0.1) is 0 Å². The van der Waals surface area contributed by atoms with Crippen molar-refractivity contribution in [2.45, 2.75) is 38.2 Å². The van der Waals surface area contributed by atoms with Crippen molar-refractivity contribution in [1.82, 2.24) is 4.90 Å². The van der Waals surface area contributed by atoms with E-state index in [0.717, 1.165) is 18.8 Å². The first-order chi connectivity index (χ1) is 5.99. The molecule has 0 unspecified atom stereocenters. The summed E-state index contributed by atoms with van der Waals surface area (Å²) in [5.41, 5.74) is 0.301. The van der Waals surface area contributed by atoms with Crippen LogP contribution < -0.4 is 0 Å². The molecule has 0 aromatic carbocycles. The minimum atomic E-state index is -2.48. The summed E-state index contributed by atoms with van der Waals surface area (Å²) < 4.78 is 25.0. The van der Waals surface area contributed by atoms with Gasteiger partial charge < -0.3 is 4.90 Å². The molecular formula is C10H15F2N. The summed E-state index contributed by atoms with van der Waals surface area (Å²) in [4.78, 5) is 1.95. The molecular weight excluding hydrogens is 172 g/mol. The zero-order chi connectivity index (χ0) is 9.64. The molecule has 1 nitrogen and oxygen atoms in total. The average Bonchev–Trinajstić information content (AvgIpc) is 2.52. The van der Waals surface area contributed by atoms with E-state index < -0.39 is 5.92 Å². The Kier molecular flexibility index (Phi) is 1.86. The Morgan fingerprint density at radius 3 is 2.38 bits per heavy atom. The van der Waals surface area contributed by atoms with Gasteiger partial charge in [0.25, 0.3) is 5.92 Å². The zero-order valence-corrected chi connectivity index (χ0v) is 8.06. The lowest BCUT2D eigenvalue weighted by molar-refractivity contribution is 0.130. The quantitative estimate of drug-likeness (QED) is 0.642. The molecule has 2 saturated carbocycles. The van der Waals surface area contributed by atoms with Crippen LogP contribution in [0.3, 0.4) is 0 Å². The van der Waals surface area contributed by atoms with Crippen molar-refractivity contribution in [2.24, 2.45) is 5.92 Å². The maximum atomic E-state index is 12.5. The van der Waals surface area contributed by atoms with Gasteiger partial charge in [-0.3, -0.25) is 0 Å². The number of allylic oxidation sites excluding steroid dienone is 1. The molecule has 0 bridgehead atoms. The third-order valence-electron chi connectivity index (χ3n) is 3.04. The summed E-state index contributed by atoms with van der Waals surface area (Å²) in [6.07, 6.45) is 3.90. The molecule has 0 aliphatic heterocycles. The molecule has 0 aromatic heterocycles. The smallest absolute Gasteiger partial charge is 0.275 e. The molecule has 0 spiro atoms. The first kappa shape index (κ1) is 8.97. The number of alkyl halides is 2. The lowest BCUT2D eigenvalue weighted by Gasteiger charge is -2.39. The first-order valence-electron chi connectivity index (χ1n) is 4.80. The van der Waals surface area contributed by atoms with Crippen LogP contribution in [-0.2, 0) is 0 Å². The van der Waals surface area contributed by atoms with Crippen molar-refractivity contribution in [1.29, 1.82) is 0 Å². The molecule has 2 aliphatic carbocycles. The summed E-state index contributed by atoms with van der Waals surface area (Å²) >= 11 is 0. The van der Waals surface area contributed by atoms with E-state index >= 15 is 0 Å². The number of hydrogen-bond acceptors (Lipinski definition) is 1. The molecule has 13 heavy (non-hydrogen) atoms. The number of halogens is 2. The number of nitrogens with zero attached hydrogens (tertiary/aromatic N) is 1. The van der Waals surface area contributed by atoms with Crippen LogP contribution in [0.25, 0.3) is 0 Å². The maximum absolute atomic E-state index is 12.5. The van der Waals surface area contributed by atoms with Gasteiger partial charge in [-0.25, -0.2) is 8.78 Å². The zero-order valence-electron chi connectivity index (χ0n) is 8.06. The van der Waals surface area contributed by atoms with Crippen molar-refractivity contribution >= 4 is 0 Å². The Hall–Kier alpha value is -0.600. The van der Waals surface area contributed by atoms with Gasteiger partial charge >= 0.3 is 0 Å². The fourth-order valence-corrected chi connectivity index (χ4v) is 1.88. The monoisotopic (exact) mass is 187 g/mol. The minimum Gasteiger partial charge on any atom is -0.377 e. The highest BCUT2D eigenvalue weighted by Crippen LogP contribution is 2.48. The molecule has 2 rings (SSSR count). The summed E-state index contributed by atoms with van der Waals surface area (Å²) in [6, 6.07) is 0.499. The molecule has 74 valence electrons. The molecule has 0 aromatic rings. The van der Waals surface area contributed by atoms with Crippen molar-refractivity contribution in [3.63, 3.8) is 0 Å². The van der Waals surface area contributed by atoms with Gasteiger partial charge in [0.2, 0.25) is 0 Å². The van der Waals surface area contributed by atoms with Crippen LogP contribution in [0.4, 0.5) is 8.78 Å². The molecule has 2 fully saturated rings. The van der Waals surface area contributed by atoms with E-state index in [1.165, 1.54) is 0 Å². The number of rotatable bonds is 2. The van der Waals surface area contributed by atoms with E-state index in [9.17, 15) is 8.78 Å². The van der Waals surface area contributed by atoms with Crippen LogP contribution in [0.15, 0.2) is 11.8 Å². The topological polar surface area (TPSA) is 3.24 Å². The highest BCUT2D eigenvalue weighted by Gasteiger charge is 2.51. The summed E-state index contributed by atoms with van der Waals surface area (Å²) in [7, 11) is 1.90. The van der Waals surface area contributed by atoms with Crippen LogP contribution in [-0.4, -0.2) is 23.9 Å². The largest absolute Gasteiger partial charge is 0.377 e. The standard InChI is InChI=1S/C10H15F2N/c1-7-3-9(4-7)13(2)6-8-5-10(8,11)12/h6-7,9H,3-5H2,1-2H3/b8-6+. The van der Waals surface area contributed by atoms with Crippen molar-refractivity contribution < 1.29 is 8.78 Å². The third-order valence-corrected chi connectivity index (χ3v) is 3.04. The van der Waals surface area contributed by atoms with Gasteiger partial charge in [-0.1, -0.05) is 6.92 Å². The molecule has 0 saturated heterocycles. The second kappa shape index (κ2) is 2.69. The maximum Gasteiger partial charge on any atom is 0.275 e. The predicted octanol–water partition coefficient (Wildman–Crippen LogP) is 2.64. The molecule has 0 atom stereocenters. The SMILES string of the molecule is CC1CC(N(C)/C=C2\CC2(F)F)C1. The van der Waals surface area contributed by atoms with E-state index in [4.69, 9.17) is 0 Å². The average molecular weight is 187 g/mol. The summed E-state index contributed by atoms with van der Waals surface area (Å²) in [5.74, 6) is -1.71. The highest BCUT2D eigenvalue weighted by molar-refractivity contribution is 5.30. The van der Waals surface area contributed by atoms with E-state index in [1.807, 2.05) is 11.9 Å². The number of hydrogen-bond donors (Lipinski definition) is 0. The summed E-state index contributed by atoms with van der Waals surface area (Å²) in [5, 5.41) is 0.